The molecule has 4 amide bonds. The molecule has 2 aliphatic rings. The summed E-state index contributed by atoms with van der Waals surface area (Å²) in [6.45, 7) is 3.53. The number of benzene rings is 3. The lowest BCUT2D eigenvalue weighted by Crippen LogP contribution is -2.49. The van der Waals surface area contributed by atoms with Crippen molar-refractivity contribution in [3.8, 4) is 5.75 Å². The van der Waals surface area contributed by atoms with Gasteiger partial charge in [-0.1, -0.05) is 13.8 Å². The highest BCUT2D eigenvalue weighted by molar-refractivity contribution is 6.39. The largest absolute Gasteiger partial charge is 0.508 e. The van der Waals surface area contributed by atoms with E-state index in [1.165, 1.54) is 48.5 Å². The Labute approximate surface area is 195 Å². The first-order chi connectivity index (χ1) is 16.2. The standard InChI is InChI=1S/C26H22N2O6/c1-13(2)11-15(12-29)28-25(33)19-9-7-17-21-18(8-10-20(22(19)21)26(28)34)24(32)27(23(17)31)14-3-5-16(30)6-4-14/h3-10,13,15,29-30H,11-12H2,1-2H3. The van der Waals surface area contributed by atoms with Crippen LogP contribution in [0, 0.1) is 5.92 Å². The van der Waals surface area contributed by atoms with Crippen LogP contribution in [0.15, 0.2) is 48.5 Å². The van der Waals surface area contributed by atoms with Gasteiger partial charge in [0.05, 0.1) is 18.3 Å². The number of rotatable bonds is 5. The van der Waals surface area contributed by atoms with Gasteiger partial charge in [-0.05, 0) is 60.9 Å². The predicted molar refractivity (Wildman–Crippen MR) is 124 cm³/mol. The molecule has 3 aromatic carbocycles. The minimum atomic E-state index is -0.677. The van der Waals surface area contributed by atoms with E-state index < -0.39 is 29.7 Å². The molecule has 0 saturated carbocycles. The van der Waals surface area contributed by atoms with Crippen LogP contribution in [0.3, 0.4) is 0 Å². The molecule has 5 rings (SSSR count). The average molecular weight is 458 g/mol. The second kappa shape index (κ2) is 7.78. The molecule has 2 aliphatic heterocycles. The predicted octanol–water partition coefficient (Wildman–Crippen LogP) is 3.35. The van der Waals surface area contributed by atoms with Gasteiger partial charge < -0.3 is 10.2 Å². The van der Waals surface area contributed by atoms with E-state index in [0.717, 1.165) is 9.80 Å². The number of phenolic OH excluding ortho intramolecular Hbond substituents is 1. The van der Waals surface area contributed by atoms with Crippen LogP contribution in [0.5, 0.6) is 5.75 Å². The Morgan fingerprint density at radius 1 is 0.706 bits per heavy atom. The van der Waals surface area contributed by atoms with Crippen molar-refractivity contribution in [1.29, 1.82) is 0 Å². The van der Waals surface area contributed by atoms with E-state index in [0.29, 0.717) is 12.1 Å². The van der Waals surface area contributed by atoms with Gasteiger partial charge in [-0.25, -0.2) is 4.90 Å². The van der Waals surface area contributed by atoms with Gasteiger partial charge in [-0.15, -0.1) is 0 Å². The molecule has 8 nitrogen and oxygen atoms in total. The van der Waals surface area contributed by atoms with Crippen LogP contribution in [-0.2, 0) is 0 Å². The maximum atomic E-state index is 13.4. The molecule has 0 radical (unpaired) electrons. The van der Waals surface area contributed by atoms with Gasteiger partial charge >= 0.3 is 0 Å². The van der Waals surface area contributed by atoms with Gasteiger partial charge in [0.2, 0.25) is 0 Å². The summed E-state index contributed by atoms with van der Waals surface area (Å²) < 4.78 is 0. The zero-order valence-corrected chi connectivity index (χ0v) is 18.6. The van der Waals surface area contributed by atoms with Crippen molar-refractivity contribution in [3.05, 3.63) is 70.8 Å². The van der Waals surface area contributed by atoms with Crippen molar-refractivity contribution in [3.63, 3.8) is 0 Å². The Bertz CT molecular complexity index is 1320. The molecule has 1 atom stereocenters. The first-order valence-corrected chi connectivity index (χ1v) is 11.0. The fourth-order valence-corrected chi connectivity index (χ4v) is 4.87. The third-order valence-electron chi connectivity index (χ3n) is 6.35. The maximum Gasteiger partial charge on any atom is 0.265 e. The molecule has 8 heteroatoms. The minimum absolute atomic E-state index is 0.000173. The Kier molecular flexibility index (Phi) is 4.98. The number of phenols is 1. The van der Waals surface area contributed by atoms with Crippen LogP contribution in [0.2, 0.25) is 0 Å². The third kappa shape index (κ3) is 3.03. The highest BCUT2D eigenvalue weighted by Gasteiger charge is 2.42. The summed E-state index contributed by atoms with van der Waals surface area (Å²) in [5.74, 6) is -2.12. The fourth-order valence-electron chi connectivity index (χ4n) is 4.87. The number of amides is 4. The number of hydrogen-bond donors (Lipinski definition) is 2. The molecule has 2 heterocycles. The average Bonchev–Trinajstić information content (AvgIpc) is 2.81. The van der Waals surface area contributed by atoms with Crippen molar-refractivity contribution in [1.82, 2.24) is 4.90 Å². The van der Waals surface area contributed by atoms with Gasteiger partial charge in [0.25, 0.3) is 23.6 Å². The normalized spacial score (nSPS) is 16.1. The van der Waals surface area contributed by atoms with E-state index in [2.05, 4.69) is 0 Å². The summed E-state index contributed by atoms with van der Waals surface area (Å²) >= 11 is 0. The number of aromatic hydroxyl groups is 1. The molecule has 0 aliphatic carbocycles. The molecule has 1 unspecified atom stereocenters. The summed E-state index contributed by atoms with van der Waals surface area (Å²) in [7, 11) is 0. The Hall–Kier alpha value is -4.04. The van der Waals surface area contributed by atoms with Crippen molar-refractivity contribution < 1.29 is 29.4 Å². The van der Waals surface area contributed by atoms with E-state index in [4.69, 9.17) is 0 Å². The molecule has 0 saturated heterocycles. The van der Waals surface area contributed by atoms with Crippen LogP contribution in [0.25, 0.3) is 10.8 Å². The molecule has 172 valence electrons. The first-order valence-electron chi connectivity index (χ1n) is 11.0. The van der Waals surface area contributed by atoms with Gasteiger partial charge in [0.1, 0.15) is 5.75 Å². The lowest BCUT2D eigenvalue weighted by Gasteiger charge is -2.35. The molecular formula is C26H22N2O6. The van der Waals surface area contributed by atoms with Crippen molar-refractivity contribution in [2.45, 2.75) is 26.3 Å². The van der Waals surface area contributed by atoms with Crippen LogP contribution < -0.4 is 4.90 Å². The van der Waals surface area contributed by atoms with E-state index in [1.54, 1.807) is 0 Å². The number of anilines is 1. The molecule has 0 aromatic heterocycles. The summed E-state index contributed by atoms with van der Waals surface area (Å²) in [6, 6.07) is 11.0. The highest BCUT2D eigenvalue weighted by Crippen LogP contribution is 2.39. The second-order valence-corrected chi connectivity index (χ2v) is 8.98. The number of carbonyl (C=O) groups is 4. The van der Waals surface area contributed by atoms with Gasteiger partial charge in [0.15, 0.2) is 0 Å². The number of hydrogen-bond acceptors (Lipinski definition) is 6. The van der Waals surface area contributed by atoms with Crippen LogP contribution in [0.1, 0.15) is 61.7 Å². The van der Waals surface area contributed by atoms with E-state index in [-0.39, 0.29) is 51.3 Å². The summed E-state index contributed by atoms with van der Waals surface area (Å²) in [6.07, 6.45) is 0.446. The number of aliphatic hydroxyl groups excluding tert-OH is 1. The SMILES string of the molecule is CC(C)CC(CO)N1C(=O)c2ccc3c4c(ccc(c24)C1=O)C(=O)N(c1ccc(O)cc1)C3=O. The minimum Gasteiger partial charge on any atom is -0.508 e. The smallest absolute Gasteiger partial charge is 0.265 e. The van der Waals surface area contributed by atoms with E-state index >= 15 is 0 Å². The van der Waals surface area contributed by atoms with E-state index in [1.807, 2.05) is 13.8 Å². The molecule has 2 N–H and O–H groups in total. The summed E-state index contributed by atoms with van der Waals surface area (Å²) in [5, 5.41) is 20.0. The Balaban J connectivity index is 1.68. The molecule has 34 heavy (non-hydrogen) atoms. The Morgan fingerprint density at radius 3 is 1.56 bits per heavy atom. The van der Waals surface area contributed by atoms with Crippen molar-refractivity contribution >= 4 is 40.1 Å². The Morgan fingerprint density at radius 2 is 1.15 bits per heavy atom. The molecule has 3 aromatic rings. The van der Waals surface area contributed by atoms with Gasteiger partial charge in [-0.3, -0.25) is 24.1 Å². The number of nitrogens with zero attached hydrogens (tertiary/aromatic N) is 2. The second-order valence-electron chi connectivity index (χ2n) is 8.98. The summed E-state index contributed by atoms with van der Waals surface area (Å²) in [5.41, 5.74) is 1.15. The lowest BCUT2D eigenvalue weighted by molar-refractivity contribution is 0.0443. The van der Waals surface area contributed by atoms with Crippen LogP contribution in [-0.4, -0.2) is 51.4 Å². The fraction of sp³-hybridized carbons (Fsp3) is 0.231. The zero-order chi connectivity index (χ0) is 24.3. The summed E-state index contributed by atoms with van der Waals surface area (Å²) in [4.78, 5) is 55.6. The van der Waals surface area contributed by atoms with Crippen LogP contribution >= 0.6 is 0 Å². The van der Waals surface area contributed by atoms with Crippen molar-refractivity contribution in [2.24, 2.45) is 5.92 Å². The number of carbonyl (C=O) groups excluding carboxylic acids is 4. The van der Waals surface area contributed by atoms with Crippen LogP contribution in [0.4, 0.5) is 5.69 Å². The molecule has 0 spiro atoms. The van der Waals surface area contributed by atoms with E-state index in [9.17, 15) is 29.4 Å². The van der Waals surface area contributed by atoms with Gasteiger partial charge in [0, 0.05) is 33.0 Å². The van der Waals surface area contributed by atoms with Crippen molar-refractivity contribution in [2.75, 3.05) is 11.5 Å². The molecule has 0 bridgehead atoms. The zero-order valence-electron chi connectivity index (χ0n) is 18.6. The molecule has 0 fully saturated rings. The number of imide groups is 2. The lowest BCUT2D eigenvalue weighted by atomic mass is 9.85. The monoisotopic (exact) mass is 458 g/mol. The number of aliphatic hydroxyl groups is 1. The topological polar surface area (TPSA) is 115 Å². The molecular weight excluding hydrogens is 436 g/mol. The first kappa shape index (κ1) is 21.8. The third-order valence-corrected chi connectivity index (χ3v) is 6.35. The maximum absolute atomic E-state index is 13.4. The quantitative estimate of drug-likeness (QED) is 0.567. The highest BCUT2D eigenvalue weighted by atomic mass is 16.3. The van der Waals surface area contributed by atoms with Gasteiger partial charge in [-0.2, -0.15) is 0 Å².